The average Bonchev–Trinajstić information content (AvgIpc) is 2.72. The number of thioether (sulfide) groups is 1. The minimum absolute atomic E-state index is 0.139. The lowest BCUT2D eigenvalue weighted by molar-refractivity contribution is -0.137. The van der Waals surface area contributed by atoms with Crippen LogP contribution in [-0.2, 0) is 19.1 Å². The third kappa shape index (κ3) is 5.46. The molecule has 0 aromatic heterocycles. The third-order valence-corrected chi connectivity index (χ3v) is 3.36. The highest BCUT2D eigenvalue weighted by molar-refractivity contribution is 8.04. The van der Waals surface area contributed by atoms with E-state index in [0.717, 1.165) is 16.7 Å². The van der Waals surface area contributed by atoms with E-state index in [4.69, 9.17) is 4.74 Å². The van der Waals surface area contributed by atoms with Gasteiger partial charge in [-0.1, -0.05) is 11.8 Å². The van der Waals surface area contributed by atoms with E-state index in [9.17, 15) is 19.2 Å². The second-order valence-corrected chi connectivity index (χ2v) is 4.91. The summed E-state index contributed by atoms with van der Waals surface area (Å²) in [7, 11) is 0. The van der Waals surface area contributed by atoms with Gasteiger partial charge in [0.25, 0.3) is 0 Å². The second kappa shape index (κ2) is 8.30. The molecule has 21 heavy (non-hydrogen) atoms. The molecule has 4 amide bonds. The fourth-order valence-corrected chi connectivity index (χ4v) is 2.43. The molecular formula is C12H17N3O5S. The summed E-state index contributed by atoms with van der Waals surface area (Å²) in [5, 5.41) is 4.83. The fraction of sp³-hybridized carbons (Fsp3) is 0.500. The van der Waals surface area contributed by atoms with Crippen molar-refractivity contribution in [3.8, 4) is 0 Å². The maximum Gasteiger partial charge on any atom is 0.333 e. The molecule has 0 spiro atoms. The highest BCUT2D eigenvalue weighted by atomic mass is 32.2. The maximum atomic E-state index is 11.7. The quantitative estimate of drug-likeness (QED) is 0.538. The molecule has 0 radical (unpaired) electrons. The molecule has 116 valence electrons. The Morgan fingerprint density at radius 1 is 1.38 bits per heavy atom. The number of nitrogens with one attached hydrogen (secondary N) is 2. The summed E-state index contributed by atoms with van der Waals surface area (Å²) in [6, 6.07) is -0.627. The zero-order chi connectivity index (χ0) is 15.8. The molecule has 0 unspecified atom stereocenters. The van der Waals surface area contributed by atoms with Gasteiger partial charge in [0.1, 0.15) is 6.54 Å². The Morgan fingerprint density at radius 3 is 2.71 bits per heavy atom. The van der Waals surface area contributed by atoms with Gasteiger partial charge in [-0.3, -0.25) is 19.8 Å². The molecule has 0 bridgehead atoms. The molecule has 1 rings (SSSR count). The largest absolute Gasteiger partial charge is 0.463 e. The molecule has 1 fully saturated rings. The Morgan fingerprint density at radius 2 is 2.10 bits per heavy atom. The first-order valence-corrected chi connectivity index (χ1v) is 7.35. The van der Waals surface area contributed by atoms with Gasteiger partial charge in [0, 0.05) is 6.54 Å². The van der Waals surface area contributed by atoms with Crippen LogP contribution < -0.4 is 10.6 Å². The highest BCUT2D eigenvalue weighted by Gasteiger charge is 2.29. The number of imide groups is 1. The van der Waals surface area contributed by atoms with E-state index in [1.807, 2.05) is 0 Å². The van der Waals surface area contributed by atoms with E-state index in [1.54, 1.807) is 13.8 Å². The molecule has 1 saturated heterocycles. The van der Waals surface area contributed by atoms with Gasteiger partial charge in [0.05, 0.1) is 23.5 Å². The van der Waals surface area contributed by atoms with Gasteiger partial charge in [-0.25, -0.2) is 9.59 Å². The molecule has 0 aliphatic carbocycles. The number of esters is 1. The van der Waals surface area contributed by atoms with E-state index in [2.05, 4.69) is 10.6 Å². The summed E-state index contributed by atoms with van der Waals surface area (Å²) < 4.78 is 4.76. The number of carbonyl (C=O) groups is 4. The topological polar surface area (TPSA) is 105 Å². The van der Waals surface area contributed by atoms with Crippen LogP contribution in [0.5, 0.6) is 0 Å². The van der Waals surface area contributed by atoms with E-state index >= 15 is 0 Å². The molecule has 1 heterocycles. The summed E-state index contributed by atoms with van der Waals surface area (Å²) in [5.41, 5.74) is 0. The molecule has 9 heteroatoms. The zero-order valence-electron chi connectivity index (χ0n) is 11.8. The summed E-state index contributed by atoms with van der Waals surface area (Å²) in [6.45, 7) is 3.66. The number of nitrogens with zero attached hydrogens (tertiary/aromatic N) is 1. The molecular weight excluding hydrogens is 298 g/mol. The van der Waals surface area contributed by atoms with Gasteiger partial charge in [-0.15, -0.1) is 0 Å². The van der Waals surface area contributed by atoms with Crippen LogP contribution in [-0.4, -0.2) is 54.2 Å². The van der Waals surface area contributed by atoms with Crippen molar-refractivity contribution < 1.29 is 23.9 Å². The Bertz CT molecular complexity index is 478. The van der Waals surface area contributed by atoms with Crippen molar-refractivity contribution in [3.63, 3.8) is 0 Å². The highest BCUT2D eigenvalue weighted by Crippen LogP contribution is 2.28. The number of hydrogen-bond donors (Lipinski definition) is 2. The monoisotopic (exact) mass is 315 g/mol. The minimum atomic E-state index is -0.633. The minimum Gasteiger partial charge on any atom is -0.463 e. The van der Waals surface area contributed by atoms with Gasteiger partial charge in [0.15, 0.2) is 0 Å². The Balaban J connectivity index is 2.65. The fourth-order valence-electron chi connectivity index (χ4n) is 1.50. The molecule has 1 aliphatic heterocycles. The number of hydrogen-bond acceptors (Lipinski definition) is 6. The lowest BCUT2D eigenvalue weighted by Gasteiger charge is -2.16. The predicted octanol–water partition coefficient (Wildman–Crippen LogP) is -0.188. The molecule has 0 aromatic carbocycles. The lowest BCUT2D eigenvalue weighted by Crippen LogP contribution is -2.44. The summed E-state index contributed by atoms with van der Waals surface area (Å²) in [6.07, 6.45) is 1.17. The third-order valence-electron chi connectivity index (χ3n) is 2.33. The van der Waals surface area contributed by atoms with Crippen LogP contribution in [0.15, 0.2) is 11.1 Å². The van der Waals surface area contributed by atoms with E-state index in [0.29, 0.717) is 11.6 Å². The predicted molar refractivity (Wildman–Crippen MR) is 76.1 cm³/mol. The van der Waals surface area contributed by atoms with E-state index < -0.39 is 17.9 Å². The smallest absolute Gasteiger partial charge is 0.333 e. The second-order valence-electron chi connectivity index (χ2n) is 3.91. The Labute approximate surface area is 126 Å². The molecule has 0 saturated carbocycles. The number of ether oxygens (including phenoxy) is 1. The molecule has 1 aliphatic rings. The first kappa shape index (κ1) is 17.0. The van der Waals surface area contributed by atoms with Crippen molar-refractivity contribution in [2.24, 2.45) is 0 Å². The van der Waals surface area contributed by atoms with Crippen LogP contribution >= 0.6 is 11.8 Å². The van der Waals surface area contributed by atoms with Crippen LogP contribution in [0.25, 0.3) is 0 Å². The molecule has 0 atom stereocenters. The SMILES string of the molecule is CCNC(=O)NC(=O)CN1C(=O)CS/C1=C\C(=O)OCC. The summed E-state index contributed by atoms with van der Waals surface area (Å²) in [5.74, 6) is -1.38. The Hall–Kier alpha value is -2.03. The van der Waals surface area contributed by atoms with Crippen molar-refractivity contribution in [1.29, 1.82) is 0 Å². The molecule has 8 nitrogen and oxygen atoms in total. The van der Waals surface area contributed by atoms with Crippen LogP contribution in [0, 0.1) is 0 Å². The average molecular weight is 315 g/mol. The van der Waals surface area contributed by atoms with Crippen molar-refractivity contribution in [2.45, 2.75) is 13.8 Å². The number of urea groups is 1. The van der Waals surface area contributed by atoms with Gasteiger partial charge in [-0.2, -0.15) is 0 Å². The lowest BCUT2D eigenvalue weighted by atomic mass is 10.4. The van der Waals surface area contributed by atoms with Gasteiger partial charge >= 0.3 is 12.0 Å². The Kier molecular flexibility index (Phi) is 6.73. The zero-order valence-corrected chi connectivity index (χ0v) is 12.6. The molecule has 0 aromatic rings. The first-order chi connectivity index (χ1) is 9.97. The van der Waals surface area contributed by atoms with Gasteiger partial charge in [0.2, 0.25) is 11.8 Å². The standard InChI is InChI=1S/C12H17N3O5S/c1-3-13-12(19)14-8(16)6-15-9(17)7-21-10(15)5-11(18)20-4-2/h5H,3-4,6-7H2,1-2H3,(H2,13,14,16,19)/b10-5-. The molecule has 2 N–H and O–H groups in total. The van der Waals surface area contributed by atoms with Crippen LogP contribution in [0.2, 0.25) is 0 Å². The van der Waals surface area contributed by atoms with Gasteiger partial charge in [-0.05, 0) is 13.8 Å². The van der Waals surface area contributed by atoms with Crippen LogP contribution in [0.3, 0.4) is 0 Å². The van der Waals surface area contributed by atoms with Crippen molar-refractivity contribution >= 4 is 35.6 Å². The maximum absolute atomic E-state index is 11.7. The first-order valence-electron chi connectivity index (χ1n) is 6.37. The van der Waals surface area contributed by atoms with Crippen molar-refractivity contribution in [1.82, 2.24) is 15.5 Å². The number of rotatable bonds is 5. The van der Waals surface area contributed by atoms with Crippen LogP contribution in [0.1, 0.15) is 13.8 Å². The normalized spacial score (nSPS) is 16.0. The van der Waals surface area contributed by atoms with Crippen molar-refractivity contribution in [3.05, 3.63) is 11.1 Å². The van der Waals surface area contributed by atoms with Gasteiger partial charge < -0.3 is 10.1 Å². The van der Waals surface area contributed by atoms with E-state index in [1.165, 1.54) is 6.08 Å². The number of carbonyl (C=O) groups excluding carboxylic acids is 4. The van der Waals surface area contributed by atoms with E-state index in [-0.39, 0.29) is 24.8 Å². The van der Waals surface area contributed by atoms with Crippen LogP contribution in [0.4, 0.5) is 4.79 Å². The van der Waals surface area contributed by atoms with Crippen molar-refractivity contribution in [2.75, 3.05) is 25.4 Å². The summed E-state index contributed by atoms with van der Waals surface area (Å²) >= 11 is 1.14. The summed E-state index contributed by atoms with van der Waals surface area (Å²) in [4.78, 5) is 47.1. The number of amides is 4.